The molecule has 0 bridgehead atoms. The predicted octanol–water partition coefficient (Wildman–Crippen LogP) is 4.12. The third-order valence-electron chi connectivity index (χ3n) is 4.48. The molecule has 2 N–H and O–H groups in total. The Hall–Kier alpha value is -2.50. The molecule has 5 nitrogen and oxygen atoms in total. The fourth-order valence-corrected chi connectivity index (χ4v) is 3.46. The largest absolute Gasteiger partial charge is 0.503 e. The van der Waals surface area contributed by atoms with Crippen LogP contribution in [-0.4, -0.2) is 35.4 Å². The number of rotatable bonds is 4. The topological polar surface area (TPSA) is 69.6 Å². The number of carbonyl (C=O) groups excluding carboxylic acids is 2. The van der Waals surface area contributed by atoms with E-state index in [0.717, 1.165) is 16.7 Å². The highest BCUT2D eigenvalue weighted by molar-refractivity contribution is 6.36. The van der Waals surface area contributed by atoms with Crippen molar-refractivity contribution in [2.45, 2.75) is 13.0 Å². The molecular weight excluding hydrogens is 387 g/mol. The zero-order chi connectivity index (χ0) is 19.7. The summed E-state index contributed by atoms with van der Waals surface area (Å²) < 4.78 is 0. The first-order valence-electron chi connectivity index (χ1n) is 8.31. The van der Waals surface area contributed by atoms with Crippen LogP contribution in [0.4, 0.5) is 0 Å². The summed E-state index contributed by atoms with van der Waals surface area (Å²) in [7, 11) is 1.53. The maximum Gasteiger partial charge on any atom is 0.289 e. The molecule has 2 aromatic rings. The number of amides is 2. The Morgan fingerprint density at radius 3 is 2.59 bits per heavy atom. The van der Waals surface area contributed by atoms with Gasteiger partial charge in [0, 0.05) is 22.7 Å². The van der Waals surface area contributed by atoms with Gasteiger partial charge < -0.3 is 15.3 Å². The molecule has 1 aliphatic rings. The molecule has 1 aliphatic heterocycles. The van der Waals surface area contributed by atoms with Gasteiger partial charge in [-0.25, -0.2) is 0 Å². The van der Waals surface area contributed by atoms with Gasteiger partial charge in [0.1, 0.15) is 0 Å². The first kappa shape index (κ1) is 19.3. The van der Waals surface area contributed by atoms with Crippen molar-refractivity contribution in [2.24, 2.45) is 0 Å². The quantitative estimate of drug-likeness (QED) is 0.804. The van der Waals surface area contributed by atoms with Gasteiger partial charge in [-0.05, 0) is 36.2 Å². The van der Waals surface area contributed by atoms with Crippen molar-refractivity contribution in [3.8, 4) is 11.1 Å². The SMILES string of the molecule is CC(NC(=O)C1=C(O)C(=O)N(C)C1)c1cccc(-c2ccc(Cl)cc2Cl)c1. The van der Waals surface area contributed by atoms with E-state index in [1.54, 1.807) is 12.1 Å². The summed E-state index contributed by atoms with van der Waals surface area (Å²) in [5.41, 5.74) is 2.67. The van der Waals surface area contributed by atoms with E-state index in [9.17, 15) is 14.7 Å². The predicted molar refractivity (Wildman–Crippen MR) is 106 cm³/mol. The van der Waals surface area contributed by atoms with Crippen molar-refractivity contribution in [1.82, 2.24) is 10.2 Å². The number of hydrogen-bond acceptors (Lipinski definition) is 3. The maximum absolute atomic E-state index is 12.4. The van der Waals surface area contributed by atoms with E-state index in [-0.39, 0.29) is 18.2 Å². The molecule has 0 aliphatic carbocycles. The highest BCUT2D eigenvalue weighted by Crippen LogP contribution is 2.31. The number of hydrogen-bond donors (Lipinski definition) is 2. The van der Waals surface area contributed by atoms with Gasteiger partial charge in [0.25, 0.3) is 11.8 Å². The average Bonchev–Trinajstić information content (AvgIpc) is 2.89. The Morgan fingerprint density at radius 2 is 1.96 bits per heavy atom. The van der Waals surface area contributed by atoms with Crippen LogP contribution in [0.2, 0.25) is 10.0 Å². The summed E-state index contributed by atoms with van der Waals surface area (Å²) >= 11 is 12.2. The van der Waals surface area contributed by atoms with Crippen molar-refractivity contribution in [3.05, 3.63) is 69.4 Å². The normalized spacial score (nSPS) is 15.3. The van der Waals surface area contributed by atoms with Crippen LogP contribution in [0.1, 0.15) is 18.5 Å². The first-order chi connectivity index (χ1) is 12.8. The Balaban J connectivity index is 1.81. The van der Waals surface area contributed by atoms with Crippen LogP contribution in [0.5, 0.6) is 0 Å². The van der Waals surface area contributed by atoms with E-state index in [1.807, 2.05) is 37.3 Å². The van der Waals surface area contributed by atoms with Gasteiger partial charge in [-0.1, -0.05) is 47.5 Å². The molecular formula is C20H18Cl2N2O3. The third-order valence-corrected chi connectivity index (χ3v) is 5.03. The second-order valence-corrected chi connectivity index (χ2v) is 7.28. The number of carbonyl (C=O) groups is 2. The molecule has 0 saturated carbocycles. The summed E-state index contributed by atoms with van der Waals surface area (Å²) in [6.45, 7) is 1.92. The fraction of sp³-hybridized carbons (Fsp3) is 0.200. The molecule has 2 aromatic carbocycles. The number of likely N-dealkylation sites (N-methyl/N-ethyl adjacent to an activating group) is 1. The van der Waals surface area contributed by atoms with Gasteiger partial charge >= 0.3 is 0 Å². The van der Waals surface area contributed by atoms with Crippen molar-refractivity contribution in [3.63, 3.8) is 0 Å². The average molecular weight is 405 g/mol. The molecule has 0 spiro atoms. The van der Waals surface area contributed by atoms with Crippen LogP contribution in [0, 0.1) is 0 Å². The van der Waals surface area contributed by atoms with Crippen LogP contribution in [0.25, 0.3) is 11.1 Å². The lowest BCUT2D eigenvalue weighted by Crippen LogP contribution is -2.30. The van der Waals surface area contributed by atoms with Gasteiger partial charge in [-0.2, -0.15) is 0 Å². The molecule has 1 heterocycles. The van der Waals surface area contributed by atoms with E-state index >= 15 is 0 Å². The van der Waals surface area contributed by atoms with Crippen molar-refractivity contribution >= 4 is 35.0 Å². The molecule has 1 atom stereocenters. The monoisotopic (exact) mass is 404 g/mol. The summed E-state index contributed by atoms with van der Waals surface area (Å²) in [4.78, 5) is 25.4. The first-order valence-corrected chi connectivity index (χ1v) is 9.07. The lowest BCUT2D eigenvalue weighted by Gasteiger charge is -2.16. The number of nitrogens with one attached hydrogen (secondary N) is 1. The van der Waals surface area contributed by atoms with Crippen molar-refractivity contribution in [2.75, 3.05) is 13.6 Å². The number of benzene rings is 2. The minimum Gasteiger partial charge on any atom is -0.503 e. The molecule has 27 heavy (non-hydrogen) atoms. The Kier molecular flexibility index (Phi) is 5.44. The minimum absolute atomic E-state index is 0.0752. The van der Waals surface area contributed by atoms with Crippen LogP contribution in [0.3, 0.4) is 0 Å². The van der Waals surface area contributed by atoms with E-state index in [4.69, 9.17) is 23.2 Å². The zero-order valence-electron chi connectivity index (χ0n) is 14.8. The number of nitrogens with zero attached hydrogens (tertiary/aromatic N) is 1. The third kappa shape index (κ3) is 3.94. The lowest BCUT2D eigenvalue weighted by atomic mass is 10.00. The number of halogens is 2. The summed E-state index contributed by atoms with van der Waals surface area (Å²) in [6.07, 6.45) is 0. The lowest BCUT2D eigenvalue weighted by molar-refractivity contribution is -0.126. The van der Waals surface area contributed by atoms with E-state index < -0.39 is 17.6 Å². The standard InChI is InChI=1S/C20H18Cl2N2O3/c1-11(23-19(26)16-10-24(2)20(27)18(16)25)12-4-3-5-13(8-12)15-7-6-14(21)9-17(15)22/h3-9,11,25H,10H2,1-2H3,(H,23,26). The van der Waals surface area contributed by atoms with Gasteiger partial charge in [-0.15, -0.1) is 0 Å². The van der Waals surface area contributed by atoms with Crippen LogP contribution < -0.4 is 5.32 Å². The van der Waals surface area contributed by atoms with Crippen molar-refractivity contribution < 1.29 is 14.7 Å². The van der Waals surface area contributed by atoms with Crippen LogP contribution in [-0.2, 0) is 9.59 Å². The van der Waals surface area contributed by atoms with Crippen LogP contribution >= 0.6 is 23.2 Å². The molecule has 0 radical (unpaired) electrons. The van der Waals surface area contributed by atoms with E-state index in [1.165, 1.54) is 11.9 Å². The van der Waals surface area contributed by atoms with Gasteiger partial charge in [0.2, 0.25) is 0 Å². The smallest absolute Gasteiger partial charge is 0.289 e. The fourth-order valence-electron chi connectivity index (χ4n) is 2.94. The van der Waals surface area contributed by atoms with Gasteiger partial charge in [0.15, 0.2) is 5.76 Å². The van der Waals surface area contributed by atoms with Crippen LogP contribution in [0.15, 0.2) is 53.8 Å². The summed E-state index contributed by atoms with van der Waals surface area (Å²) in [5, 5.41) is 13.8. The van der Waals surface area contributed by atoms with Crippen molar-refractivity contribution in [1.29, 1.82) is 0 Å². The Morgan fingerprint density at radius 1 is 1.22 bits per heavy atom. The van der Waals surface area contributed by atoms with E-state index in [0.29, 0.717) is 10.0 Å². The molecule has 0 fully saturated rings. The van der Waals surface area contributed by atoms with Gasteiger partial charge in [-0.3, -0.25) is 9.59 Å². The van der Waals surface area contributed by atoms with Gasteiger partial charge in [0.05, 0.1) is 18.2 Å². The maximum atomic E-state index is 12.4. The number of aliphatic hydroxyl groups excluding tert-OH is 1. The highest BCUT2D eigenvalue weighted by atomic mass is 35.5. The Bertz CT molecular complexity index is 956. The zero-order valence-corrected chi connectivity index (χ0v) is 16.3. The highest BCUT2D eigenvalue weighted by Gasteiger charge is 2.32. The molecule has 2 amide bonds. The molecule has 0 aromatic heterocycles. The molecule has 1 unspecified atom stereocenters. The second-order valence-electron chi connectivity index (χ2n) is 6.43. The second kappa shape index (κ2) is 7.62. The summed E-state index contributed by atoms with van der Waals surface area (Å²) in [5.74, 6) is -1.51. The molecule has 140 valence electrons. The molecule has 7 heteroatoms. The summed E-state index contributed by atoms with van der Waals surface area (Å²) in [6, 6.07) is 12.6. The minimum atomic E-state index is -0.549. The molecule has 0 saturated heterocycles. The number of aliphatic hydroxyl groups is 1. The van der Waals surface area contributed by atoms with E-state index in [2.05, 4.69) is 5.32 Å². The Labute approximate surface area is 167 Å². The molecule has 3 rings (SSSR count).